The van der Waals surface area contributed by atoms with E-state index in [1.54, 1.807) is 11.3 Å². The SMILES string of the molecule is CCc1nc(CCN=C(N)N)sc1C. The summed E-state index contributed by atoms with van der Waals surface area (Å²) in [7, 11) is 0. The van der Waals surface area contributed by atoms with Gasteiger partial charge in [0.25, 0.3) is 0 Å². The summed E-state index contributed by atoms with van der Waals surface area (Å²) in [5, 5.41) is 1.12. The number of hydrogen-bond acceptors (Lipinski definition) is 3. The lowest BCUT2D eigenvalue weighted by molar-refractivity contribution is 0.924. The Bertz CT molecular complexity index is 326. The molecule has 0 bridgehead atoms. The molecule has 4 nitrogen and oxygen atoms in total. The molecular formula is C9H16N4S. The van der Waals surface area contributed by atoms with E-state index in [1.165, 1.54) is 10.6 Å². The molecule has 0 saturated carbocycles. The monoisotopic (exact) mass is 212 g/mol. The van der Waals surface area contributed by atoms with Crippen LogP contribution in [-0.4, -0.2) is 17.5 Å². The average Bonchev–Trinajstić information content (AvgIpc) is 2.45. The predicted octanol–water partition coefficient (Wildman–Crippen LogP) is 0.830. The Morgan fingerprint density at radius 2 is 2.21 bits per heavy atom. The normalized spacial score (nSPS) is 10.1. The zero-order chi connectivity index (χ0) is 10.6. The molecule has 0 aromatic carbocycles. The molecular weight excluding hydrogens is 196 g/mol. The number of rotatable bonds is 4. The Morgan fingerprint density at radius 3 is 2.71 bits per heavy atom. The number of aliphatic imine (C=N–C) groups is 1. The summed E-state index contributed by atoms with van der Waals surface area (Å²) in [6.07, 6.45) is 1.81. The van der Waals surface area contributed by atoms with Crippen LogP contribution in [0.4, 0.5) is 0 Å². The van der Waals surface area contributed by atoms with Crippen molar-refractivity contribution in [3.05, 3.63) is 15.6 Å². The Morgan fingerprint density at radius 1 is 1.50 bits per heavy atom. The summed E-state index contributed by atoms with van der Waals surface area (Å²) in [6.45, 7) is 4.83. The maximum Gasteiger partial charge on any atom is 0.185 e. The van der Waals surface area contributed by atoms with E-state index in [0.29, 0.717) is 6.54 Å². The lowest BCUT2D eigenvalue weighted by atomic mass is 10.3. The molecule has 0 radical (unpaired) electrons. The van der Waals surface area contributed by atoms with E-state index in [9.17, 15) is 0 Å². The second kappa shape index (κ2) is 4.95. The molecule has 0 aliphatic carbocycles. The van der Waals surface area contributed by atoms with Crippen LogP contribution in [0.25, 0.3) is 0 Å². The Kier molecular flexibility index (Phi) is 3.88. The minimum atomic E-state index is 0.147. The van der Waals surface area contributed by atoms with Gasteiger partial charge in [-0.1, -0.05) is 6.92 Å². The van der Waals surface area contributed by atoms with E-state index in [4.69, 9.17) is 11.5 Å². The molecule has 0 aliphatic heterocycles. The summed E-state index contributed by atoms with van der Waals surface area (Å²) < 4.78 is 0. The molecule has 0 saturated heterocycles. The maximum absolute atomic E-state index is 5.23. The zero-order valence-corrected chi connectivity index (χ0v) is 9.40. The fourth-order valence-corrected chi connectivity index (χ4v) is 2.21. The zero-order valence-electron chi connectivity index (χ0n) is 8.58. The number of guanidine groups is 1. The molecule has 5 heteroatoms. The van der Waals surface area contributed by atoms with Gasteiger partial charge in [0.15, 0.2) is 5.96 Å². The van der Waals surface area contributed by atoms with E-state index in [1.807, 2.05) is 0 Å². The van der Waals surface area contributed by atoms with Gasteiger partial charge in [0.05, 0.1) is 10.7 Å². The molecule has 0 unspecified atom stereocenters. The van der Waals surface area contributed by atoms with Gasteiger partial charge in [-0.3, -0.25) is 4.99 Å². The van der Waals surface area contributed by atoms with Crippen LogP contribution in [0, 0.1) is 6.92 Å². The van der Waals surface area contributed by atoms with Crippen molar-refractivity contribution in [1.82, 2.24) is 4.98 Å². The van der Waals surface area contributed by atoms with Gasteiger partial charge < -0.3 is 11.5 Å². The molecule has 14 heavy (non-hydrogen) atoms. The molecule has 0 fully saturated rings. The summed E-state index contributed by atoms with van der Waals surface area (Å²) in [5.41, 5.74) is 11.6. The van der Waals surface area contributed by atoms with Crippen LogP contribution in [-0.2, 0) is 12.8 Å². The van der Waals surface area contributed by atoms with Crippen LogP contribution >= 0.6 is 11.3 Å². The van der Waals surface area contributed by atoms with E-state index < -0.39 is 0 Å². The highest BCUT2D eigenvalue weighted by molar-refractivity contribution is 7.11. The third kappa shape index (κ3) is 2.99. The van der Waals surface area contributed by atoms with Gasteiger partial charge in [0.1, 0.15) is 0 Å². The number of nitrogens with zero attached hydrogens (tertiary/aromatic N) is 2. The molecule has 4 N–H and O–H groups in total. The fourth-order valence-electron chi connectivity index (χ4n) is 1.20. The van der Waals surface area contributed by atoms with Crippen LogP contribution < -0.4 is 11.5 Å². The van der Waals surface area contributed by atoms with E-state index in [0.717, 1.165) is 17.8 Å². The predicted molar refractivity (Wildman–Crippen MR) is 60.6 cm³/mol. The highest BCUT2D eigenvalue weighted by Crippen LogP contribution is 2.18. The number of nitrogens with two attached hydrogens (primary N) is 2. The third-order valence-electron chi connectivity index (χ3n) is 1.89. The van der Waals surface area contributed by atoms with E-state index in [-0.39, 0.29) is 5.96 Å². The largest absolute Gasteiger partial charge is 0.370 e. The quantitative estimate of drug-likeness (QED) is 0.573. The standard InChI is InChI=1S/C9H16N4S/c1-3-7-6(2)14-8(13-7)4-5-12-9(10)11/h3-5H2,1-2H3,(H4,10,11,12). The van der Waals surface area contributed by atoms with E-state index >= 15 is 0 Å². The smallest absolute Gasteiger partial charge is 0.185 e. The summed E-state index contributed by atoms with van der Waals surface area (Å²) in [5.74, 6) is 0.147. The van der Waals surface area contributed by atoms with Crippen molar-refractivity contribution in [2.45, 2.75) is 26.7 Å². The van der Waals surface area contributed by atoms with Crippen LogP contribution in [0.5, 0.6) is 0 Å². The van der Waals surface area contributed by atoms with Gasteiger partial charge in [-0.2, -0.15) is 0 Å². The third-order valence-corrected chi connectivity index (χ3v) is 2.96. The van der Waals surface area contributed by atoms with Gasteiger partial charge in [-0.05, 0) is 13.3 Å². The molecule has 1 heterocycles. The van der Waals surface area contributed by atoms with Gasteiger partial charge in [0.2, 0.25) is 0 Å². The molecule has 78 valence electrons. The van der Waals surface area contributed by atoms with E-state index in [2.05, 4.69) is 23.8 Å². The molecule has 0 atom stereocenters. The Hall–Kier alpha value is -1.10. The molecule has 1 aromatic rings. The van der Waals surface area contributed by atoms with Crippen molar-refractivity contribution in [2.24, 2.45) is 16.5 Å². The molecule has 1 rings (SSSR count). The van der Waals surface area contributed by atoms with Crippen molar-refractivity contribution in [3.8, 4) is 0 Å². The first-order chi connectivity index (χ1) is 6.63. The van der Waals surface area contributed by atoms with Gasteiger partial charge in [-0.25, -0.2) is 4.98 Å². The Labute approximate surface area is 88.1 Å². The highest BCUT2D eigenvalue weighted by atomic mass is 32.1. The Balaban J connectivity index is 2.55. The first-order valence-corrected chi connectivity index (χ1v) is 5.45. The van der Waals surface area contributed by atoms with Crippen molar-refractivity contribution in [1.29, 1.82) is 0 Å². The first-order valence-electron chi connectivity index (χ1n) is 4.64. The summed E-state index contributed by atoms with van der Waals surface area (Å²) in [6, 6.07) is 0. The fraction of sp³-hybridized carbons (Fsp3) is 0.556. The average molecular weight is 212 g/mol. The van der Waals surface area contributed by atoms with Crippen LogP contribution in [0.2, 0.25) is 0 Å². The van der Waals surface area contributed by atoms with Crippen molar-refractivity contribution < 1.29 is 0 Å². The lowest BCUT2D eigenvalue weighted by Gasteiger charge is -1.92. The second-order valence-electron chi connectivity index (χ2n) is 3.02. The molecule has 0 amide bonds. The minimum absolute atomic E-state index is 0.147. The highest BCUT2D eigenvalue weighted by Gasteiger charge is 2.04. The number of aromatic nitrogens is 1. The van der Waals surface area contributed by atoms with Crippen LogP contribution in [0.1, 0.15) is 22.5 Å². The molecule has 0 spiro atoms. The molecule has 0 aliphatic rings. The van der Waals surface area contributed by atoms with Crippen molar-refractivity contribution in [3.63, 3.8) is 0 Å². The van der Waals surface area contributed by atoms with Gasteiger partial charge in [0, 0.05) is 17.8 Å². The second-order valence-corrected chi connectivity index (χ2v) is 4.31. The molecule has 1 aromatic heterocycles. The number of hydrogen-bond donors (Lipinski definition) is 2. The minimum Gasteiger partial charge on any atom is -0.370 e. The summed E-state index contributed by atoms with van der Waals surface area (Å²) in [4.78, 5) is 9.71. The number of aryl methyl sites for hydroxylation is 2. The topological polar surface area (TPSA) is 77.3 Å². The van der Waals surface area contributed by atoms with Gasteiger partial charge in [-0.15, -0.1) is 11.3 Å². The lowest BCUT2D eigenvalue weighted by Crippen LogP contribution is -2.23. The van der Waals surface area contributed by atoms with Crippen LogP contribution in [0.3, 0.4) is 0 Å². The van der Waals surface area contributed by atoms with Crippen molar-refractivity contribution >= 4 is 17.3 Å². The first kappa shape index (κ1) is 11.0. The van der Waals surface area contributed by atoms with Crippen LogP contribution in [0.15, 0.2) is 4.99 Å². The number of thiazole rings is 1. The maximum atomic E-state index is 5.23. The van der Waals surface area contributed by atoms with Gasteiger partial charge >= 0.3 is 0 Å². The summed E-state index contributed by atoms with van der Waals surface area (Å²) >= 11 is 1.73. The van der Waals surface area contributed by atoms with Crippen molar-refractivity contribution in [2.75, 3.05) is 6.54 Å².